The van der Waals surface area contributed by atoms with Gasteiger partial charge < -0.3 is 10.6 Å². The fourth-order valence-corrected chi connectivity index (χ4v) is 2.56. The van der Waals surface area contributed by atoms with Gasteiger partial charge in [-0.3, -0.25) is 0 Å². The van der Waals surface area contributed by atoms with E-state index in [9.17, 15) is 4.79 Å². The van der Waals surface area contributed by atoms with Crippen LogP contribution in [-0.2, 0) is 13.0 Å². The maximum absolute atomic E-state index is 11.7. The van der Waals surface area contributed by atoms with Crippen molar-refractivity contribution in [2.45, 2.75) is 13.0 Å². The molecule has 0 aromatic heterocycles. The van der Waals surface area contributed by atoms with Gasteiger partial charge >= 0.3 is 6.03 Å². The molecule has 0 atom stereocenters. The fraction of sp³-hybridized carbons (Fsp3) is 0.188. The van der Waals surface area contributed by atoms with E-state index < -0.39 is 0 Å². The van der Waals surface area contributed by atoms with Gasteiger partial charge in [0, 0.05) is 22.6 Å². The number of nitrogens with one attached hydrogen (secondary N) is 2. The molecule has 0 spiro atoms. The van der Waals surface area contributed by atoms with Crippen LogP contribution in [0.2, 0.25) is 5.02 Å². The van der Waals surface area contributed by atoms with E-state index in [1.54, 1.807) is 0 Å². The summed E-state index contributed by atoms with van der Waals surface area (Å²) in [4.78, 5) is 11.7. The van der Waals surface area contributed by atoms with Crippen molar-refractivity contribution in [3.05, 3.63) is 69.2 Å². The molecule has 0 saturated heterocycles. The molecule has 0 radical (unpaired) electrons. The first-order valence-corrected chi connectivity index (χ1v) is 7.81. The van der Waals surface area contributed by atoms with Crippen molar-refractivity contribution < 1.29 is 4.79 Å². The van der Waals surface area contributed by atoms with E-state index in [0.717, 1.165) is 22.0 Å². The Labute approximate surface area is 137 Å². The maximum atomic E-state index is 11.7. The Bertz CT molecular complexity index is 619. The Hall–Kier alpha value is -1.52. The lowest BCUT2D eigenvalue weighted by molar-refractivity contribution is 0.240. The van der Waals surface area contributed by atoms with Crippen LogP contribution in [0, 0.1) is 0 Å². The summed E-state index contributed by atoms with van der Waals surface area (Å²) in [6, 6.07) is 15.3. The normalized spacial score (nSPS) is 10.2. The summed E-state index contributed by atoms with van der Waals surface area (Å²) in [7, 11) is 0. The lowest BCUT2D eigenvalue weighted by atomic mass is 10.1. The van der Waals surface area contributed by atoms with Gasteiger partial charge in [0.25, 0.3) is 0 Å². The molecule has 21 heavy (non-hydrogen) atoms. The molecular weight excluding hydrogens is 352 g/mol. The van der Waals surface area contributed by atoms with Crippen LogP contribution in [0.5, 0.6) is 0 Å². The van der Waals surface area contributed by atoms with Crippen LogP contribution in [0.3, 0.4) is 0 Å². The number of benzene rings is 2. The van der Waals surface area contributed by atoms with Crippen molar-refractivity contribution in [2.24, 2.45) is 0 Å². The molecule has 3 nitrogen and oxygen atoms in total. The van der Waals surface area contributed by atoms with Crippen molar-refractivity contribution in [3.8, 4) is 0 Å². The molecule has 0 heterocycles. The summed E-state index contributed by atoms with van der Waals surface area (Å²) in [5, 5.41) is 6.37. The van der Waals surface area contributed by atoms with Crippen LogP contribution < -0.4 is 10.6 Å². The molecule has 2 aromatic carbocycles. The number of hydrogen-bond donors (Lipinski definition) is 2. The van der Waals surface area contributed by atoms with Gasteiger partial charge in [-0.05, 0) is 41.8 Å². The molecule has 2 N–H and O–H groups in total. The van der Waals surface area contributed by atoms with Gasteiger partial charge in [0.1, 0.15) is 0 Å². The standard InChI is InChI=1S/C16H16BrClN2O/c17-14-5-1-4-13(9-14)11-20-16(21)19-8-7-12-3-2-6-15(18)10-12/h1-6,9-10H,7-8,11H2,(H2,19,20,21). The largest absolute Gasteiger partial charge is 0.338 e. The van der Waals surface area contributed by atoms with Crippen LogP contribution in [0.1, 0.15) is 11.1 Å². The molecule has 0 fully saturated rings. The third-order valence-corrected chi connectivity index (χ3v) is 3.66. The number of halogens is 2. The highest BCUT2D eigenvalue weighted by molar-refractivity contribution is 9.10. The zero-order chi connectivity index (χ0) is 15.1. The first-order valence-electron chi connectivity index (χ1n) is 6.64. The molecule has 5 heteroatoms. The number of urea groups is 1. The maximum Gasteiger partial charge on any atom is 0.315 e. The number of carbonyl (C=O) groups is 1. The average Bonchev–Trinajstić information content (AvgIpc) is 2.45. The fourth-order valence-electron chi connectivity index (χ4n) is 1.90. The van der Waals surface area contributed by atoms with Crippen LogP contribution in [0.25, 0.3) is 0 Å². The molecule has 0 saturated carbocycles. The van der Waals surface area contributed by atoms with Gasteiger partial charge in [0.15, 0.2) is 0 Å². The van der Waals surface area contributed by atoms with E-state index in [1.807, 2.05) is 48.5 Å². The molecule has 0 aliphatic heterocycles. The van der Waals surface area contributed by atoms with E-state index in [-0.39, 0.29) is 6.03 Å². The third kappa shape index (κ3) is 5.78. The van der Waals surface area contributed by atoms with Gasteiger partial charge in [-0.15, -0.1) is 0 Å². The predicted octanol–water partition coefficient (Wildman–Crippen LogP) is 4.14. The SMILES string of the molecule is O=C(NCCc1cccc(Cl)c1)NCc1cccc(Br)c1. The summed E-state index contributed by atoms with van der Waals surface area (Å²) in [5.74, 6) is 0. The lowest BCUT2D eigenvalue weighted by Crippen LogP contribution is -2.36. The Balaban J connectivity index is 1.70. The zero-order valence-corrected chi connectivity index (χ0v) is 13.7. The van der Waals surface area contributed by atoms with Crippen LogP contribution >= 0.6 is 27.5 Å². The highest BCUT2D eigenvalue weighted by Gasteiger charge is 2.01. The first-order chi connectivity index (χ1) is 10.1. The first kappa shape index (κ1) is 15.9. The quantitative estimate of drug-likeness (QED) is 0.819. The summed E-state index contributed by atoms with van der Waals surface area (Å²) in [6.07, 6.45) is 0.755. The average molecular weight is 368 g/mol. The molecule has 0 bridgehead atoms. The van der Waals surface area contributed by atoms with Gasteiger partial charge in [-0.1, -0.05) is 51.8 Å². The highest BCUT2D eigenvalue weighted by atomic mass is 79.9. The molecular formula is C16H16BrClN2O. The predicted molar refractivity (Wildman–Crippen MR) is 89.5 cm³/mol. The topological polar surface area (TPSA) is 41.1 Å². The van der Waals surface area contributed by atoms with Crippen LogP contribution in [-0.4, -0.2) is 12.6 Å². The van der Waals surface area contributed by atoms with E-state index in [1.165, 1.54) is 0 Å². The number of carbonyl (C=O) groups excluding carboxylic acids is 1. The molecule has 2 aromatic rings. The Kier molecular flexibility index (Phi) is 6.08. The second-order valence-electron chi connectivity index (χ2n) is 4.62. The molecule has 2 rings (SSSR count). The van der Waals surface area contributed by atoms with Gasteiger partial charge in [-0.2, -0.15) is 0 Å². The van der Waals surface area contributed by atoms with Crippen molar-refractivity contribution in [1.82, 2.24) is 10.6 Å². The van der Waals surface area contributed by atoms with Crippen molar-refractivity contribution in [3.63, 3.8) is 0 Å². The second kappa shape index (κ2) is 8.05. The van der Waals surface area contributed by atoms with E-state index >= 15 is 0 Å². The number of amides is 2. The van der Waals surface area contributed by atoms with Crippen molar-refractivity contribution in [1.29, 1.82) is 0 Å². The minimum atomic E-state index is -0.169. The van der Waals surface area contributed by atoms with Gasteiger partial charge in [0.05, 0.1) is 0 Å². The number of hydrogen-bond acceptors (Lipinski definition) is 1. The Morgan fingerprint density at radius 1 is 1.05 bits per heavy atom. The highest BCUT2D eigenvalue weighted by Crippen LogP contribution is 2.11. The molecule has 0 aliphatic carbocycles. The smallest absolute Gasteiger partial charge is 0.315 e. The minimum absolute atomic E-state index is 0.169. The summed E-state index contributed by atoms with van der Waals surface area (Å²) in [5.41, 5.74) is 2.16. The third-order valence-electron chi connectivity index (χ3n) is 2.93. The molecule has 110 valence electrons. The van der Waals surface area contributed by atoms with Crippen molar-refractivity contribution in [2.75, 3.05) is 6.54 Å². The van der Waals surface area contributed by atoms with Crippen LogP contribution in [0.4, 0.5) is 4.79 Å². The Morgan fingerprint density at radius 2 is 1.81 bits per heavy atom. The lowest BCUT2D eigenvalue weighted by Gasteiger charge is -2.08. The minimum Gasteiger partial charge on any atom is -0.338 e. The monoisotopic (exact) mass is 366 g/mol. The van der Waals surface area contributed by atoms with Gasteiger partial charge in [-0.25, -0.2) is 4.79 Å². The van der Waals surface area contributed by atoms with E-state index in [4.69, 9.17) is 11.6 Å². The summed E-state index contributed by atoms with van der Waals surface area (Å²) >= 11 is 9.32. The summed E-state index contributed by atoms with van der Waals surface area (Å²) in [6.45, 7) is 1.08. The van der Waals surface area contributed by atoms with Crippen molar-refractivity contribution >= 4 is 33.6 Å². The van der Waals surface area contributed by atoms with Gasteiger partial charge in [0.2, 0.25) is 0 Å². The zero-order valence-electron chi connectivity index (χ0n) is 11.4. The molecule has 0 unspecified atom stereocenters. The number of rotatable bonds is 5. The molecule has 2 amide bonds. The van der Waals surface area contributed by atoms with E-state index in [2.05, 4.69) is 26.6 Å². The van der Waals surface area contributed by atoms with E-state index in [0.29, 0.717) is 18.1 Å². The molecule has 0 aliphatic rings. The van der Waals surface area contributed by atoms with Crippen LogP contribution in [0.15, 0.2) is 53.0 Å². The Morgan fingerprint density at radius 3 is 2.57 bits per heavy atom. The second-order valence-corrected chi connectivity index (χ2v) is 5.97. The summed E-state index contributed by atoms with van der Waals surface area (Å²) < 4.78 is 1.00.